The number of ether oxygens (including phenoxy) is 1. The van der Waals surface area contributed by atoms with Crippen molar-refractivity contribution < 1.29 is 9.84 Å². The van der Waals surface area contributed by atoms with E-state index in [9.17, 15) is 5.11 Å². The Morgan fingerprint density at radius 2 is 2.19 bits per heavy atom. The Bertz CT molecular complexity index is 402. The molecule has 0 radical (unpaired) electrons. The van der Waals surface area contributed by atoms with Crippen LogP contribution in [0.25, 0.3) is 0 Å². The first-order valence-corrected chi connectivity index (χ1v) is 6.18. The van der Waals surface area contributed by atoms with Crippen molar-refractivity contribution in [1.29, 1.82) is 0 Å². The average molecular weight is 286 g/mol. The summed E-state index contributed by atoms with van der Waals surface area (Å²) in [4.78, 5) is 0. The summed E-state index contributed by atoms with van der Waals surface area (Å²) < 4.78 is 5.90. The van der Waals surface area contributed by atoms with Crippen LogP contribution in [0.3, 0.4) is 0 Å². The van der Waals surface area contributed by atoms with Crippen LogP contribution in [0.1, 0.15) is 24.8 Å². The fourth-order valence-electron chi connectivity index (χ4n) is 1.78. The zero-order valence-corrected chi connectivity index (χ0v) is 10.9. The first-order chi connectivity index (χ1) is 7.56. The van der Waals surface area contributed by atoms with E-state index in [2.05, 4.69) is 15.9 Å². The predicted octanol–water partition coefficient (Wildman–Crippen LogP) is 2.59. The van der Waals surface area contributed by atoms with Gasteiger partial charge in [0.15, 0.2) is 11.5 Å². The fraction of sp³-hybridized carbons (Fsp3) is 0.500. The maximum absolute atomic E-state index is 9.99. The van der Waals surface area contributed by atoms with Gasteiger partial charge in [-0.05, 0) is 53.2 Å². The molecule has 3 N–H and O–H groups in total. The maximum Gasteiger partial charge on any atom is 0.174 e. The quantitative estimate of drug-likeness (QED) is 0.894. The van der Waals surface area contributed by atoms with Crippen LogP contribution in [0, 0.1) is 0 Å². The van der Waals surface area contributed by atoms with Gasteiger partial charge in [0.2, 0.25) is 0 Å². The minimum Gasteiger partial charge on any atom is -0.504 e. The summed E-state index contributed by atoms with van der Waals surface area (Å²) in [6.07, 6.45) is 3.92. The highest BCUT2D eigenvalue weighted by atomic mass is 79.9. The third-order valence-corrected chi connectivity index (χ3v) is 3.78. The normalized spacial score (nSPS) is 17.2. The third-order valence-electron chi connectivity index (χ3n) is 3.16. The zero-order chi connectivity index (χ0) is 11.8. The lowest BCUT2D eigenvalue weighted by Crippen LogP contribution is -2.22. The molecule has 0 heterocycles. The van der Waals surface area contributed by atoms with Gasteiger partial charge < -0.3 is 15.6 Å². The Hall–Kier alpha value is -0.740. The van der Waals surface area contributed by atoms with Crippen molar-refractivity contribution in [3.63, 3.8) is 0 Å². The lowest BCUT2D eigenvalue weighted by Gasteiger charge is -2.12. The molecular weight excluding hydrogens is 270 g/mol. The first kappa shape index (κ1) is 11.7. The van der Waals surface area contributed by atoms with Crippen molar-refractivity contribution in [3.05, 3.63) is 22.2 Å². The van der Waals surface area contributed by atoms with Crippen molar-refractivity contribution >= 4 is 15.9 Å². The second-order valence-electron chi connectivity index (χ2n) is 4.45. The monoisotopic (exact) mass is 285 g/mol. The smallest absolute Gasteiger partial charge is 0.174 e. The molecule has 88 valence electrons. The van der Waals surface area contributed by atoms with Crippen LogP contribution in [0.5, 0.6) is 11.5 Å². The molecule has 4 heteroatoms. The van der Waals surface area contributed by atoms with E-state index in [1.54, 1.807) is 7.11 Å². The first-order valence-electron chi connectivity index (χ1n) is 5.39. The number of phenolic OH excluding ortho intramolecular Hbond substituents is 1. The highest BCUT2D eigenvalue weighted by Crippen LogP contribution is 2.41. The average Bonchev–Trinajstić information content (AvgIpc) is 2.97. The molecule has 0 amide bonds. The fourth-order valence-corrected chi connectivity index (χ4v) is 2.26. The molecule has 1 aliphatic carbocycles. The molecule has 0 unspecified atom stereocenters. The number of benzene rings is 1. The maximum atomic E-state index is 9.99. The van der Waals surface area contributed by atoms with Crippen molar-refractivity contribution in [3.8, 4) is 11.5 Å². The van der Waals surface area contributed by atoms with Gasteiger partial charge in [-0.15, -0.1) is 0 Å². The Labute approximate surface area is 104 Å². The molecule has 0 spiro atoms. The molecule has 1 aromatic rings. The Morgan fingerprint density at radius 3 is 2.75 bits per heavy atom. The number of aromatic hydroxyl groups is 1. The zero-order valence-electron chi connectivity index (χ0n) is 9.29. The van der Waals surface area contributed by atoms with Crippen LogP contribution in [-0.2, 0) is 6.42 Å². The second kappa shape index (κ2) is 4.26. The van der Waals surface area contributed by atoms with Crippen molar-refractivity contribution in [2.45, 2.75) is 31.2 Å². The van der Waals surface area contributed by atoms with Crippen LogP contribution in [0.4, 0.5) is 0 Å². The molecule has 0 aliphatic heterocycles. The number of phenols is 1. The summed E-state index contributed by atoms with van der Waals surface area (Å²) in [6, 6.07) is 3.80. The Balaban J connectivity index is 2.14. The number of halogens is 1. The van der Waals surface area contributed by atoms with Crippen LogP contribution in [0.2, 0.25) is 0 Å². The van der Waals surface area contributed by atoms with E-state index >= 15 is 0 Å². The standard InChI is InChI=1S/C12H16BrNO2/c1-16-11-9(13)3-2-8(10(11)15)4-5-12(14)6-7-12/h2-3,15H,4-7,14H2,1H3. The van der Waals surface area contributed by atoms with E-state index < -0.39 is 0 Å². The van der Waals surface area contributed by atoms with Gasteiger partial charge in [0.05, 0.1) is 11.6 Å². The molecular formula is C12H16BrNO2. The van der Waals surface area contributed by atoms with Gasteiger partial charge in [-0.25, -0.2) is 0 Å². The summed E-state index contributed by atoms with van der Waals surface area (Å²) in [5.74, 6) is 0.723. The summed E-state index contributed by atoms with van der Waals surface area (Å²) in [5.41, 5.74) is 6.94. The molecule has 3 nitrogen and oxygen atoms in total. The van der Waals surface area contributed by atoms with Crippen LogP contribution in [0.15, 0.2) is 16.6 Å². The molecule has 16 heavy (non-hydrogen) atoms. The molecule has 1 fully saturated rings. The summed E-state index contributed by atoms with van der Waals surface area (Å²) in [5, 5.41) is 9.99. The van der Waals surface area contributed by atoms with E-state index in [4.69, 9.17) is 10.5 Å². The topological polar surface area (TPSA) is 55.5 Å². The third kappa shape index (κ3) is 2.33. The second-order valence-corrected chi connectivity index (χ2v) is 5.31. The predicted molar refractivity (Wildman–Crippen MR) is 66.8 cm³/mol. The van der Waals surface area contributed by atoms with Crippen molar-refractivity contribution in [2.75, 3.05) is 7.11 Å². The van der Waals surface area contributed by atoms with E-state index in [-0.39, 0.29) is 11.3 Å². The molecule has 0 aromatic heterocycles. The van der Waals surface area contributed by atoms with Crippen molar-refractivity contribution in [1.82, 2.24) is 0 Å². The summed E-state index contributed by atoms with van der Waals surface area (Å²) in [6.45, 7) is 0. The molecule has 1 aliphatic rings. The molecule has 0 saturated heterocycles. The van der Waals surface area contributed by atoms with Gasteiger partial charge in [-0.3, -0.25) is 0 Å². The van der Waals surface area contributed by atoms with Crippen LogP contribution < -0.4 is 10.5 Å². The van der Waals surface area contributed by atoms with Gasteiger partial charge in [-0.1, -0.05) is 6.07 Å². The number of methoxy groups -OCH3 is 1. The Morgan fingerprint density at radius 1 is 1.50 bits per heavy atom. The molecule has 1 aromatic carbocycles. The number of hydrogen-bond donors (Lipinski definition) is 2. The SMILES string of the molecule is COc1c(Br)ccc(CCC2(N)CC2)c1O. The summed E-state index contributed by atoms with van der Waals surface area (Å²) >= 11 is 3.33. The number of rotatable bonds is 4. The minimum absolute atomic E-state index is 0.0206. The number of aryl methyl sites for hydroxylation is 1. The van der Waals surface area contributed by atoms with E-state index in [0.717, 1.165) is 35.7 Å². The van der Waals surface area contributed by atoms with E-state index in [1.165, 1.54) is 0 Å². The van der Waals surface area contributed by atoms with Crippen LogP contribution in [-0.4, -0.2) is 17.8 Å². The van der Waals surface area contributed by atoms with E-state index in [1.807, 2.05) is 12.1 Å². The molecule has 0 bridgehead atoms. The molecule has 2 rings (SSSR count). The van der Waals surface area contributed by atoms with Crippen LogP contribution >= 0.6 is 15.9 Å². The molecule has 0 atom stereocenters. The largest absolute Gasteiger partial charge is 0.504 e. The number of hydrogen-bond acceptors (Lipinski definition) is 3. The van der Waals surface area contributed by atoms with Gasteiger partial charge in [0.25, 0.3) is 0 Å². The Kier molecular flexibility index (Phi) is 3.13. The lowest BCUT2D eigenvalue weighted by molar-refractivity contribution is 0.367. The highest BCUT2D eigenvalue weighted by Gasteiger charge is 2.37. The van der Waals surface area contributed by atoms with Gasteiger partial charge in [0.1, 0.15) is 0 Å². The van der Waals surface area contributed by atoms with Gasteiger partial charge in [0, 0.05) is 5.54 Å². The van der Waals surface area contributed by atoms with Gasteiger partial charge >= 0.3 is 0 Å². The minimum atomic E-state index is 0.0206. The van der Waals surface area contributed by atoms with Gasteiger partial charge in [-0.2, -0.15) is 0 Å². The molecule has 1 saturated carbocycles. The number of nitrogens with two attached hydrogens (primary N) is 1. The van der Waals surface area contributed by atoms with Crippen molar-refractivity contribution in [2.24, 2.45) is 5.73 Å². The summed E-state index contributed by atoms with van der Waals surface area (Å²) in [7, 11) is 1.55. The highest BCUT2D eigenvalue weighted by molar-refractivity contribution is 9.10. The lowest BCUT2D eigenvalue weighted by atomic mass is 10.0. The van der Waals surface area contributed by atoms with E-state index in [0.29, 0.717) is 5.75 Å².